The van der Waals surface area contributed by atoms with Gasteiger partial charge in [0, 0.05) is 12.1 Å². The number of likely N-dealkylation sites (N-methyl/N-ethyl adjacent to an activating group) is 1. The van der Waals surface area contributed by atoms with Crippen molar-refractivity contribution in [2.24, 2.45) is 5.92 Å². The zero-order valence-corrected chi connectivity index (χ0v) is 13.3. The summed E-state index contributed by atoms with van der Waals surface area (Å²) in [6.07, 6.45) is 4.55. The zero-order chi connectivity index (χ0) is 13.1. The van der Waals surface area contributed by atoms with Crippen molar-refractivity contribution in [3.8, 4) is 0 Å². The quantitative estimate of drug-likeness (QED) is 0.783. The van der Waals surface area contributed by atoms with Crippen LogP contribution in [-0.4, -0.2) is 44.2 Å². The standard InChI is InChI=1S/C11H23BrN2O2S/c1-10-5-4-6-11(7-10,14(2)3)8-13-17(15,16)9-12/h10,13H,4-9H2,1-3H3. The van der Waals surface area contributed by atoms with Gasteiger partial charge in [0.15, 0.2) is 0 Å². The van der Waals surface area contributed by atoms with Crippen molar-refractivity contribution in [1.29, 1.82) is 0 Å². The van der Waals surface area contributed by atoms with Gasteiger partial charge in [0.05, 0.1) is 0 Å². The summed E-state index contributed by atoms with van der Waals surface area (Å²) in [7, 11) is 0.916. The van der Waals surface area contributed by atoms with Crippen LogP contribution in [0.25, 0.3) is 0 Å². The fraction of sp³-hybridized carbons (Fsp3) is 1.00. The Labute approximate surface area is 113 Å². The van der Waals surface area contributed by atoms with E-state index in [-0.39, 0.29) is 10.2 Å². The van der Waals surface area contributed by atoms with Gasteiger partial charge in [-0.1, -0.05) is 35.7 Å². The molecular weight excluding hydrogens is 304 g/mol. The summed E-state index contributed by atoms with van der Waals surface area (Å²) in [5.41, 5.74) is -0.0209. The van der Waals surface area contributed by atoms with E-state index in [1.807, 2.05) is 14.1 Å². The normalized spacial score (nSPS) is 30.8. The van der Waals surface area contributed by atoms with Crippen molar-refractivity contribution in [2.75, 3.05) is 25.3 Å². The maximum atomic E-state index is 11.5. The molecule has 0 aliphatic heterocycles. The summed E-state index contributed by atoms with van der Waals surface area (Å²) in [6.45, 7) is 2.76. The van der Waals surface area contributed by atoms with E-state index < -0.39 is 10.0 Å². The largest absolute Gasteiger partial charge is 0.302 e. The van der Waals surface area contributed by atoms with Crippen LogP contribution in [0, 0.1) is 5.92 Å². The van der Waals surface area contributed by atoms with E-state index in [1.54, 1.807) is 0 Å². The van der Waals surface area contributed by atoms with E-state index in [2.05, 4.69) is 32.5 Å². The van der Waals surface area contributed by atoms with Crippen LogP contribution in [0.5, 0.6) is 0 Å². The van der Waals surface area contributed by atoms with Gasteiger partial charge in [-0.2, -0.15) is 0 Å². The summed E-state index contributed by atoms with van der Waals surface area (Å²) in [5.74, 6) is 0.666. The Hall–Kier alpha value is 0.350. The molecule has 2 atom stereocenters. The van der Waals surface area contributed by atoms with E-state index in [4.69, 9.17) is 0 Å². The van der Waals surface area contributed by atoms with E-state index in [0.717, 1.165) is 12.8 Å². The van der Waals surface area contributed by atoms with Gasteiger partial charge >= 0.3 is 0 Å². The monoisotopic (exact) mass is 326 g/mol. The third kappa shape index (κ3) is 4.19. The second-order valence-corrected chi connectivity index (χ2v) is 8.48. The maximum absolute atomic E-state index is 11.5. The van der Waals surface area contributed by atoms with Crippen LogP contribution in [0.1, 0.15) is 32.6 Å². The van der Waals surface area contributed by atoms with Gasteiger partial charge in [-0.3, -0.25) is 0 Å². The number of sulfonamides is 1. The van der Waals surface area contributed by atoms with Crippen molar-refractivity contribution < 1.29 is 8.42 Å². The topological polar surface area (TPSA) is 49.4 Å². The highest BCUT2D eigenvalue weighted by Crippen LogP contribution is 2.35. The second kappa shape index (κ2) is 5.99. The molecule has 0 amide bonds. The second-order valence-electron chi connectivity index (χ2n) is 5.37. The van der Waals surface area contributed by atoms with E-state index >= 15 is 0 Å². The molecule has 102 valence electrons. The van der Waals surface area contributed by atoms with Crippen molar-refractivity contribution in [2.45, 2.75) is 38.1 Å². The highest BCUT2D eigenvalue weighted by atomic mass is 79.9. The molecule has 2 unspecified atom stereocenters. The Morgan fingerprint density at radius 1 is 1.47 bits per heavy atom. The predicted molar refractivity (Wildman–Crippen MR) is 74.8 cm³/mol. The molecule has 0 aromatic heterocycles. The summed E-state index contributed by atoms with van der Waals surface area (Å²) < 4.78 is 25.7. The lowest BCUT2D eigenvalue weighted by atomic mass is 9.75. The minimum atomic E-state index is -3.17. The Morgan fingerprint density at radius 2 is 2.12 bits per heavy atom. The number of nitrogens with one attached hydrogen (secondary N) is 1. The van der Waals surface area contributed by atoms with Crippen LogP contribution in [0.4, 0.5) is 0 Å². The molecule has 0 saturated heterocycles. The van der Waals surface area contributed by atoms with Crippen LogP contribution in [0.2, 0.25) is 0 Å². The van der Waals surface area contributed by atoms with Crippen molar-refractivity contribution in [3.05, 3.63) is 0 Å². The number of rotatable bonds is 5. The summed E-state index contributed by atoms with van der Waals surface area (Å²) in [5, 5.41) is 0. The van der Waals surface area contributed by atoms with Crippen LogP contribution >= 0.6 is 15.9 Å². The first-order chi connectivity index (χ1) is 7.81. The molecule has 1 fully saturated rings. The van der Waals surface area contributed by atoms with Crippen LogP contribution in [-0.2, 0) is 10.0 Å². The summed E-state index contributed by atoms with van der Waals surface area (Å²) in [6, 6.07) is 0. The van der Waals surface area contributed by atoms with Gasteiger partial charge in [-0.05, 0) is 32.9 Å². The smallest absolute Gasteiger partial charge is 0.221 e. The molecule has 6 heteroatoms. The molecule has 17 heavy (non-hydrogen) atoms. The Balaban J connectivity index is 2.72. The highest BCUT2D eigenvalue weighted by molar-refractivity contribution is 9.10. The minimum Gasteiger partial charge on any atom is -0.302 e. The van der Waals surface area contributed by atoms with Crippen molar-refractivity contribution in [3.63, 3.8) is 0 Å². The van der Waals surface area contributed by atoms with E-state index in [1.165, 1.54) is 12.8 Å². The van der Waals surface area contributed by atoms with Gasteiger partial charge in [0.25, 0.3) is 0 Å². The lowest BCUT2D eigenvalue weighted by Crippen LogP contribution is -2.55. The van der Waals surface area contributed by atoms with Gasteiger partial charge in [-0.15, -0.1) is 0 Å². The van der Waals surface area contributed by atoms with Crippen molar-refractivity contribution in [1.82, 2.24) is 9.62 Å². The Morgan fingerprint density at radius 3 is 2.59 bits per heavy atom. The first kappa shape index (κ1) is 15.4. The fourth-order valence-corrected chi connectivity index (χ4v) is 3.69. The molecule has 0 heterocycles. The molecule has 0 aromatic carbocycles. The van der Waals surface area contributed by atoms with E-state index in [0.29, 0.717) is 12.5 Å². The first-order valence-electron chi connectivity index (χ1n) is 6.02. The zero-order valence-electron chi connectivity index (χ0n) is 10.9. The van der Waals surface area contributed by atoms with Gasteiger partial charge in [-0.25, -0.2) is 13.1 Å². The molecule has 0 radical (unpaired) electrons. The number of hydrogen-bond acceptors (Lipinski definition) is 3. The molecule has 0 aromatic rings. The van der Waals surface area contributed by atoms with Crippen LogP contribution < -0.4 is 4.72 Å². The molecule has 0 bridgehead atoms. The molecule has 1 aliphatic carbocycles. The summed E-state index contributed by atoms with van der Waals surface area (Å²) >= 11 is 3.00. The third-order valence-electron chi connectivity index (χ3n) is 3.78. The number of nitrogens with zero attached hydrogens (tertiary/aromatic N) is 1. The number of halogens is 1. The SMILES string of the molecule is CC1CCCC(CNS(=O)(=O)CBr)(N(C)C)C1. The average molecular weight is 327 g/mol. The predicted octanol–water partition coefficient (Wildman–Crippen LogP) is 1.77. The molecule has 1 saturated carbocycles. The Kier molecular flexibility index (Phi) is 5.43. The summed E-state index contributed by atoms with van der Waals surface area (Å²) in [4.78, 5) is 2.18. The average Bonchev–Trinajstić information content (AvgIpc) is 2.26. The molecule has 1 aliphatic rings. The van der Waals surface area contributed by atoms with Gasteiger partial charge in [0.1, 0.15) is 4.66 Å². The fourth-order valence-electron chi connectivity index (χ4n) is 2.64. The Bertz CT molecular complexity index is 345. The molecule has 1 N–H and O–H groups in total. The number of alkyl halides is 1. The van der Waals surface area contributed by atoms with E-state index in [9.17, 15) is 8.42 Å². The molecule has 0 spiro atoms. The lowest BCUT2D eigenvalue weighted by Gasteiger charge is -2.45. The van der Waals surface area contributed by atoms with Crippen molar-refractivity contribution >= 4 is 26.0 Å². The van der Waals surface area contributed by atoms with Gasteiger partial charge < -0.3 is 4.90 Å². The van der Waals surface area contributed by atoms with Crippen LogP contribution in [0.15, 0.2) is 0 Å². The third-order valence-corrected chi connectivity index (χ3v) is 6.46. The van der Waals surface area contributed by atoms with Gasteiger partial charge in [0.2, 0.25) is 10.0 Å². The maximum Gasteiger partial charge on any atom is 0.221 e. The minimum absolute atomic E-state index is 0.0209. The first-order valence-corrected chi connectivity index (χ1v) is 8.79. The lowest BCUT2D eigenvalue weighted by molar-refractivity contribution is 0.0805. The van der Waals surface area contributed by atoms with Crippen LogP contribution in [0.3, 0.4) is 0 Å². The number of hydrogen-bond donors (Lipinski definition) is 1. The molecular formula is C11H23BrN2O2S. The molecule has 1 rings (SSSR count). The molecule has 4 nitrogen and oxygen atoms in total. The highest BCUT2D eigenvalue weighted by Gasteiger charge is 2.37.